The van der Waals surface area contributed by atoms with Gasteiger partial charge in [0.1, 0.15) is 0 Å². The molecule has 1 aromatic rings. The first-order valence-corrected chi connectivity index (χ1v) is 4.27. The van der Waals surface area contributed by atoms with E-state index in [9.17, 15) is 4.79 Å². The van der Waals surface area contributed by atoms with Gasteiger partial charge >= 0.3 is 0 Å². The molecule has 0 saturated heterocycles. The number of nitrogens with zero attached hydrogens (tertiary/aromatic N) is 1. The van der Waals surface area contributed by atoms with Crippen LogP contribution in [0.2, 0.25) is 0 Å². The molecule has 0 amide bonds. The van der Waals surface area contributed by atoms with Crippen LogP contribution in [0.1, 0.15) is 22.4 Å². The SMILES string of the molecule is CC(=O)c1nc(CCN)cs1. The Bertz CT molecular complexity index is 257. The Labute approximate surface area is 69.3 Å². The van der Waals surface area contributed by atoms with Crippen molar-refractivity contribution >= 4 is 17.1 Å². The van der Waals surface area contributed by atoms with Crippen LogP contribution in [-0.2, 0) is 6.42 Å². The fourth-order valence-corrected chi connectivity index (χ4v) is 1.49. The van der Waals surface area contributed by atoms with Crippen molar-refractivity contribution in [2.45, 2.75) is 13.3 Å². The number of nitrogens with two attached hydrogens (primary N) is 1. The summed E-state index contributed by atoms with van der Waals surface area (Å²) < 4.78 is 0. The highest BCUT2D eigenvalue weighted by Crippen LogP contribution is 2.09. The molecular weight excluding hydrogens is 160 g/mol. The maximum atomic E-state index is 10.8. The second-order valence-corrected chi connectivity index (χ2v) is 3.10. The molecule has 0 aliphatic carbocycles. The summed E-state index contributed by atoms with van der Waals surface area (Å²) in [5, 5.41) is 2.46. The van der Waals surface area contributed by atoms with E-state index in [-0.39, 0.29) is 5.78 Å². The van der Waals surface area contributed by atoms with E-state index in [2.05, 4.69) is 4.98 Å². The van der Waals surface area contributed by atoms with Crippen molar-refractivity contribution in [3.63, 3.8) is 0 Å². The van der Waals surface area contributed by atoms with Crippen LogP contribution in [0.3, 0.4) is 0 Å². The summed E-state index contributed by atoms with van der Waals surface area (Å²) in [6.07, 6.45) is 0.754. The minimum absolute atomic E-state index is 0.0262. The summed E-state index contributed by atoms with van der Waals surface area (Å²) in [5.41, 5.74) is 6.24. The molecule has 2 N–H and O–H groups in total. The Kier molecular flexibility index (Phi) is 2.73. The van der Waals surface area contributed by atoms with Gasteiger partial charge in [-0.25, -0.2) is 4.98 Å². The summed E-state index contributed by atoms with van der Waals surface area (Å²) in [7, 11) is 0. The molecule has 1 heterocycles. The number of rotatable bonds is 3. The molecule has 0 aromatic carbocycles. The summed E-state index contributed by atoms with van der Waals surface area (Å²) >= 11 is 1.38. The van der Waals surface area contributed by atoms with Crippen molar-refractivity contribution in [3.8, 4) is 0 Å². The molecule has 0 unspecified atom stereocenters. The monoisotopic (exact) mass is 170 g/mol. The zero-order chi connectivity index (χ0) is 8.27. The Hall–Kier alpha value is -0.740. The Balaban J connectivity index is 2.73. The van der Waals surface area contributed by atoms with Gasteiger partial charge in [-0.2, -0.15) is 0 Å². The quantitative estimate of drug-likeness (QED) is 0.684. The maximum Gasteiger partial charge on any atom is 0.188 e. The fraction of sp³-hybridized carbons (Fsp3) is 0.429. The summed E-state index contributed by atoms with van der Waals surface area (Å²) in [6.45, 7) is 2.10. The van der Waals surface area contributed by atoms with Crippen LogP contribution in [-0.4, -0.2) is 17.3 Å². The number of carbonyl (C=O) groups is 1. The highest BCUT2D eigenvalue weighted by Gasteiger charge is 2.04. The van der Waals surface area contributed by atoms with Crippen LogP contribution in [0.25, 0.3) is 0 Å². The zero-order valence-electron chi connectivity index (χ0n) is 6.33. The molecule has 4 heteroatoms. The van der Waals surface area contributed by atoms with Gasteiger partial charge in [0.2, 0.25) is 0 Å². The first-order chi connectivity index (χ1) is 5.24. The number of carbonyl (C=O) groups excluding carboxylic acids is 1. The smallest absolute Gasteiger partial charge is 0.188 e. The number of aromatic nitrogens is 1. The number of hydrogen-bond donors (Lipinski definition) is 1. The second kappa shape index (κ2) is 3.59. The van der Waals surface area contributed by atoms with E-state index in [1.165, 1.54) is 18.3 Å². The molecule has 1 aromatic heterocycles. The van der Waals surface area contributed by atoms with Crippen molar-refractivity contribution in [1.29, 1.82) is 0 Å². The van der Waals surface area contributed by atoms with Gasteiger partial charge < -0.3 is 5.73 Å². The number of hydrogen-bond acceptors (Lipinski definition) is 4. The standard InChI is InChI=1S/C7H10N2OS/c1-5(10)7-9-6(2-3-8)4-11-7/h4H,2-3,8H2,1H3. The van der Waals surface area contributed by atoms with Crippen molar-refractivity contribution in [3.05, 3.63) is 16.1 Å². The van der Waals surface area contributed by atoms with E-state index in [1.54, 1.807) is 0 Å². The molecule has 0 bridgehead atoms. The van der Waals surface area contributed by atoms with Gasteiger partial charge in [-0.15, -0.1) is 11.3 Å². The number of ketones is 1. The van der Waals surface area contributed by atoms with Gasteiger partial charge in [0.15, 0.2) is 10.8 Å². The summed E-state index contributed by atoms with van der Waals surface area (Å²) in [5.74, 6) is 0.0262. The van der Waals surface area contributed by atoms with Gasteiger partial charge in [-0.1, -0.05) is 0 Å². The van der Waals surface area contributed by atoms with Crippen LogP contribution >= 0.6 is 11.3 Å². The molecule has 0 aliphatic rings. The van der Waals surface area contributed by atoms with Gasteiger partial charge in [-0.05, 0) is 6.54 Å². The Morgan fingerprint density at radius 1 is 1.82 bits per heavy atom. The van der Waals surface area contributed by atoms with E-state index >= 15 is 0 Å². The molecular formula is C7H10N2OS. The highest BCUT2D eigenvalue weighted by molar-refractivity contribution is 7.11. The van der Waals surface area contributed by atoms with Crippen LogP contribution in [0, 0.1) is 0 Å². The zero-order valence-corrected chi connectivity index (χ0v) is 7.15. The van der Waals surface area contributed by atoms with Crippen LogP contribution in [0.15, 0.2) is 5.38 Å². The fourth-order valence-electron chi connectivity index (χ4n) is 0.731. The highest BCUT2D eigenvalue weighted by atomic mass is 32.1. The van der Waals surface area contributed by atoms with Crippen molar-refractivity contribution in [2.24, 2.45) is 5.73 Å². The first kappa shape index (κ1) is 8.36. The van der Waals surface area contributed by atoms with Crippen LogP contribution < -0.4 is 5.73 Å². The van der Waals surface area contributed by atoms with E-state index < -0.39 is 0 Å². The van der Waals surface area contributed by atoms with Gasteiger partial charge in [-0.3, -0.25) is 4.79 Å². The van der Waals surface area contributed by atoms with Gasteiger partial charge in [0, 0.05) is 18.7 Å². The third-order valence-corrected chi connectivity index (χ3v) is 2.25. The predicted octanol–water partition coefficient (Wildman–Crippen LogP) is 0.847. The van der Waals surface area contributed by atoms with E-state index in [0.717, 1.165) is 12.1 Å². The predicted molar refractivity (Wildman–Crippen MR) is 44.9 cm³/mol. The second-order valence-electron chi connectivity index (χ2n) is 2.24. The topological polar surface area (TPSA) is 56.0 Å². The lowest BCUT2D eigenvalue weighted by Gasteiger charge is -1.87. The number of thiazole rings is 1. The molecule has 60 valence electrons. The number of Topliss-reactive ketones (excluding diaryl/α,β-unsaturated/α-hetero) is 1. The maximum absolute atomic E-state index is 10.8. The summed E-state index contributed by atoms with van der Waals surface area (Å²) in [6, 6.07) is 0. The lowest BCUT2D eigenvalue weighted by atomic mass is 10.3. The minimum Gasteiger partial charge on any atom is -0.330 e. The largest absolute Gasteiger partial charge is 0.330 e. The Morgan fingerprint density at radius 2 is 2.55 bits per heavy atom. The van der Waals surface area contributed by atoms with Crippen molar-refractivity contribution in [1.82, 2.24) is 4.98 Å². The summed E-state index contributed by atoms with van der Waals surface area (Å²) in [4.78, 5) is 14.9. The van der Waals surface area contributed by atoms with E-state index in [4.69, 9.17) is 5.73 Å². The molecule has 0 spiro atoms. The first-order valence-electron chi connectivity index (χ1n) is 3.39. The molecule has 0 saturated carbocycles. The Morgan fingerprint density at radius 3 is 3.00 bits per heavy atom. The van der Waals surface area contributed by atoms with Gasteiger partial charge in [0.25, 0.3) is 0 Å². The molecule has 0 aliphatic heterocycles. The van der Waals surface area contributed by atoms with E-state index in [1.807, 2.05) is 5.38 Å². The molecule has 0 atom stereocenters. The lowest BCUT2D eigenvalue weighted by molar-refractivity contribution is 0.101. The minimum atomic E-state index is 0.0262. The van der Waals surface area contributed by atoms with Gasteiger partial charge in [0.05, 0.1) is 5.69 Å². The third-order valence-electron chi connectivity index (χ3n) is 1.25. The van der Waals surface area contributed by atoms with Crippen LogP contribution in [0.4, 0.5) is 0 Å². The third kappa shape index (κ3) is 2.10. The molecule has 11 heavy (non-hydrogen) atoms. The lowest BCUT2D eigenvalue weighted by Crippen LogP contribution is -2.03. The van der Waals surface area contributed by atoms with Crippen molar-refractivity contribution in [2.75, 3.05) is 6.54 Å². The van der Waals surface area contributed by atoms with Crippen molar-refractivity contribution < 1.29 is 4.79 Å². The van der Waals surface area contributed by atoms with E-state index in [0.29, 0.717) is 11.6 Å². The normalized spacial score (nSPS) is 10.0. The molecule has 0 radical (unpaired) electrons. The average molecular weight is 170 g/mol. The van der Waals surface area contributed by atoms with Crippen LogP contribution in [0.5, 0.6) is 0 Å². The molecule has 3 nitrogen and oxygen atoms in total. The molecule has 1 rings (SSSR count). The average Bonchev–Trinajstić information content (AvgIpc) is 2.37. The molecule has 0 fully saturated rings.